The Hall–Kier alpha value is -1.97. The molecule has 0 heterocycles. The van der Waals surface area contributed by atoms with Crippen LogP contribution in [0.25, 0.3) is 0 Å². The molecule has 0 amide bonds. The van der Waals surface area contributed by atoms with Gasteiger partial charge in [0.25, 0.3) is 0 Å². The smallest absolute Gasteiger partial charge is 0.345 e. The van der Waals surface area contributed by atoms with Crippen LogP contribution in [0.3, 0.4) is 0 Å². The predicted molar refractivity (Wildman–Crippen MR) is 64.6 cm³/mol. The van der Waals surface area contributed by atoms with Gasteiger partial charge >= 0.3 is 5.97 Å². The minimum Gasteiger partial charge on any atom is -0.507 e. The first-order valence-corrected chi connectivity index (χ1v) is 5.15. The summed E-state index contributed by atoms with van der Waals surface area (Å²) in [5.74, 6) is -0.419. The molecule has 0 aliphatic carbocycles. The number of aryl methyl sites for hydroxylation is 1. The Morgan fingerprint density at radius 1 is 1.53 bits per heavy atom. The summed E-state index contributed by atoms with van der Waals surface area (Å²) in [4.78, 5) is 11.6. The molecule has 17 heavy (non-hydrogen) atoms. The van der Waals surface area contributed by atoms with E-state index in [1.807, 2.05) is 6.92 Å². The van der Waals surface area contributed by atoms with Crippen LogP contribution < -0.4 is 4.74 Å². The molecule has 0 unspecified atom stereocenters. The van der Waals surface area contributed by atoms with Crippen LogP contribution in [-0.4, -0.2) is 25.3 Å². The molecule has 1 aromatic rings. The molecule has 0 atom stereocenters. The van der Waals surface area contributed by atoms with Crippen LogP contribution in [-0.2, 0) is 11.2 Å². The van der Waals surface area contributed by atoms with Crippen LogP contribution in [0, 0.1) is 6.92 Å². The van der Waals surface area contributed by atoms with Gasteiger partial charge in [-0.15, -0.1) is 6.58 Å². The first kappa shape index (κ1) is 13.1. The number of carbonyl (C=O) groups excluding carboxylic acids is 1. The number of ether oxygens (including phenoxy) is 2. The van der Waals surface area contributed by atoms with Gasteiger partial charge in [0.05, 0.1) is 14.2 Å². The standard InChI is InChI=1S/C13H16O4/c1-5-6-9-8(2)7-10(14)11(12(9)16-3)13(15)17-4/h5,7,14H,1,6H2,2-4H3. The van der Waals surface area contributed by atoms with Crippen LogP contribution >= 0.6 is 0 Å². The Kier molecular flexibility index (Phi) is 4.15. The second kappa shape index (κ2) is 5.39. The zero-order valence-electron chi connectivity index (χ0n) is 10.2. The average molecular weight is 236 g/mol. The number of carbonyl (C=O) groups is 1. The summed E-state index contributed by atoms with van der Waals surface area (Å²) in [7, 11) is 2.71. The van der Waals surface area contributed by atoms with Gasteiger partial charge in [-0.25, -0.2) is 4.79 Å². The molecular weight excluding hydrogens is 220 g/mol. The van der Waals surface area contributed by atoms with Crippen molar-refractivity contribution in [1.29, 1.82) is 0 Å². The molecule has 4 nitrogen and oxygen atoms in total. The summed E-state index contributed by atoms with van der Waals surface area (Å²) in [6.45, 7) is 5.49. The molecule has 1 aromatic carbocycles. The van der Waals surface area contributed by atoms with Crippen molar-refractivity contribution in [2.24, 2.45) is 0 Å². The summed E-state index contributed by atoms with van der Waals surface area (Å²) in [6.07, 6.45) is 2.27. The topological polar surface area (TPSA) is 55.8 Å². The molecule has 0 spiro atoms. The van der Waals surface area contributed by atoms with E-state index in [0.29, 0.717) is 12.2 Å². The highest BCUT2D eigenvalue weighted by molar-refractivity contribution is 5.96. The van der Waals surface area contributed by atoms with Crippen molar-refractivity contribution in [1.82, 2.24) is 0 Å². The third-order valence-electron chi connectivity index (χ3n) is 2.53. The molecule has 0 fully saturated rings. The quantitative estimate of drug-likeness (QED) is 0.643. The summed E-state index contributed by atoms with van der Waals surface area (Å²) >= 11 is 0. The zero-order valence-corrected chi connectivity index (χ0v) is 10.2. The molecule has 1 N–H and O–H groups in total. The predicted octanol–water partition coefficient (Wildman–Crippen LogP) is 2.22. The molecule has 0 aliphatic heterocycles. The second-order valence-corrected chi connectivity index (χ2v) is 3.58. The Bertz CT molecular complexity index is 449. The van der Waals surface area contributed by atoms with E-state index in [9.17, 15) is 9.90 Å². The van der Waals surface area contributed by atoms with E-state index in [-0.39, 0.29) is 11.3 Å². The fraction of sp³-hybridized carbons (Fsp3) is 0.308. The van der Waals surface area contributed by atoms with Gasteiger partial charge in [-0.05, 0) is 25.0 Å². The molecular formula is C13H16O4. The van der Waals surface area contributed by atoms with Crippen LogP contribution in [0.4, 0.5) is 0 Å². The van der Waals surface area contributed by atoms with Gasteiger partial charge < -0.3 is 14.6 Å². The molecule has 0 aromatic heterocycles. The minimum atomic E-state index is -0.621. The van der Waals surface area contributed by atoms with Crippen molar-refractivity contribution in [3.05, 3.63) is 35.4 Å². The number of esters is 1. The van der Waals surface area contributed by atoms with Crippen LogP contribution in [0.2, 0.25) is 0 Å². The number of hydrogen-bond acceptors (Lipinski definition) is 4. The van der Waals surface area contributed by atoms with Crippen LogP contribution in [0.1, 0.15) is 21.5 Å². The lowest BCUT2D eigenvalue weighted by molar-refractivity contribution is 0.0593. The lowest BCUT2D eigenvalue weighted by Gasteiger charge is -2.15. The van der Waals surface area contributed by atoms with E-state index >= 15 is 0 Å². The third-order valence-corrected chi connectivity index (χ3v) is 2.53. The molecule has 0 radical (unpaired) electrons. The lowest BCUT2D eigenvalue weighted by Crippen LogP contribution is -2.07. The van der Waals surface area contributed by atoms with Crippen molar-refractivity contribution in [3.8, 4) is 11.5 Å². The van der Waals surface area contributed by atoms with E-state index in [4.69, 9.17) is 4.74 Å². The van der Waals surface area contributed by atoms with Crippen molar-refractivity contribution < 1.29 is 19.4 Å². The van der Waals surface area contributed by atoms with Gasteiger partial charge in [-0.2, -0.15) is 0 Å². The van der Waals surface area contributed by atoms with E-state index in [1.54, 1.807) is 6.08 Å². The maximum absolute atomic E-state index is 11.6. The van der Waals surface area contributed by atoms with Gasteiger partial charge in [0.2, 0.25) is 0 Å². The van der Waals surface area contributed by atoms with Gasteiger partial charge in [-0.3, -0.25) is 0 Å². The molecule has 0 saturated carbocycles. The number of allylic oxidation sites excluding steroid dienone is 1. The number of benzene rings is 1. The largest absolute Gasteiger partial charge is 0.507 e. The fourth-order valence-corrected chi connectivity index (χ4v) is 1.73. The molecule has 0 bridgehead atoms. The minimum absolute atomic E-state index is 0.0532. The van der Waals surface area contributed by atoms with Gasteiger partial charge in [0.1, 0.15) is 17.1 Å². The number of hydrogen-bond donors (Lipinski definition) is 1. The number of methoxy groups -OCH3 is 2. The molecule has 92 valence electrons. The van der Waals surface area contributed by atoms with Gasteiger partial charge in [0.15, 0.2) is 0 Å². The highest BCUT2D eigenvalue weighted by Crippen LogP contribution is 2.35. The Balaban J connectivity index is 3.52. The highest BCUT2D eigenvalue weighted by atomic mass is 16.5. The van der Waals surface area contributed by atoms with Gasteiger partial charge in [0, 0.05) is 5.56 Å². The Labute approximate surface area is 100 Å². The molecule has 0 aliphatic rings. The summed E-state index contributed by atoms with van der Waals surface area (Å²) in [6, 6.07) is 1.52. The van der Waals surface area contributed by atoms with Crippen LogP contribution in [0.15, 0.2) is 18.7 Å². The molecule has 1 rings (SSSR count). The molecule has 0 saturated heterocycles. The highest BCUT2D eigenvalue weighted by Gasteiger charge is 2.22. The molecule has 4 heteroatoms. The average Bonchev–Trinajstić information content (AvgIpc) is 2.31. The first-order valence-electron chi connectivity index (χ1n) is 5.15. The number of phenolic OH excluding ortho intramolecular Hbond substituents is 1. The van der Waals surface area contributed by atoms with Gasteiger partial charge in [-0.1, -0.05) is 6.08 Å². The maximum atomic E-state index is 11.6. The Morgan fingerprint density at radius 2 is 2.18 bits per heavy atom. The second-order valence-electron chi connectivity index (χ2n) is 3.58. The number of aromatic hydroxyl groups is 1. The van der Waals surface area contributed by atoms with Crippen molar-refractivity contribution >= 4 is 5.97 Å². The van der Waals surface area contributed by atoms with Crippen molar-refractivity contribution in [2.75, 3.05) is 14.2 Å². The third kappa shape index (κ3) is 2.41. The lowest BCUT2D eigenvalue weighted by atomic mass is 9.99. The Morgan fingerprint density at radius 3 is 2.65 bits per heavy atom. The van der Waals surface area contributed by atoms with E-state index < -0.39 is 5.97 Å². The monoisotopic (exact) mass is 236 g/mol. The first-order chi connectivity index (χ1) is 8.06. The summed E-state index contributed by atoms with van der Waals surface area (Å²) < 4.78 is 9.83. The normalized spacial score (nSPS) is 9.82. The van der Waals surface area contributed by atoms with Crippen LogP contribution in [0.5, 0.6) is 11.5 Å². The summed E-state index contributed by atoms with van der Waals surface area (Å²) in [5, 5.41) is 9.79. The van der Waals surface area contributed by atoms with E-state index in [1.165, 1.54) is 20.3 Å². The number of phenols is 1. The van der Waals surface area contributed by atoms with Crippen molar-refractivity contribution in [2.45, 2.75) is 13.3 Å². The van der Waals surface area contributed by atoms with E-state index in [2.05, 4.69) is 11.3 Å². The van der Waals surface area contributed by atoms with E-state index in [0.717, 1.165) is 11.1 Å². The summed E-state index contributed by atoms with van der Waals surface area (Å²) in [5.41, 5.74) is 1.71. The zero-order chi connectivity index (χ0) is 13.0. The maximum Gasteiger partial charge on any atom is 0.345 e. The van der Waals surface area contributed by atoms with Crippen molar-refractivity contribution in [3.63, 3.8) is 0 Å². The SMILES string of the molecule is C=CCc1c(C)cc(O)c(C(=O)OC)c1OC. The fourth-order valence-electron chi connectivity index (χ4n) is 1.73. The number of rotatable bonds is 4.